The first kappa shape index (κ1) is 29.4. The molecule has 0 amide bonds. The fraction of sp³-hybridized carbons (Fsp3) is 0. The zero-order valence-electron chi connectivity index (χ0n) is 29.4. The van der Waals surface area contributed by atoms with E-state index in [0.717, 1.165) is 39.1 Å². The maximum absolute atomic E-state index is 5.53. The molecule has 13 rings (SSSR count). The van der Waals surface area contributed by atoms with Crippen LogP contribution in [0.2, 0.25) is 0 Å². The molecule has 12 aromatic rings. The fourth-order valence-corrected chi connectivity index (χ4v) is 10.5. The van der Waals surface area contributed by atoms with Crippen molar-refractivity contribution in [2.45, 2.75) is 0 Å². The number of hydrogen-bond acceptors (Lipinski definition) is 3. The average molecular weight is 717 g/mol. The van der Waals surface area contributed by atoms with Crippen molar-refractivity contribution in [3.05, 3.63) is 170 Å². The van der Waals surface area contributed by atoms with Gasteiger partial charge >= 0.3 is 0 Å². The Morgan fingerprint density at radius 3 is 1.91 bits per heavy atom. The van der Waals surface area contributed by atoms with E-state index in [1.165, 1.54) is 80.7 Å². The monoisotopic (exact) mass is 716 g/mol. The van der Waals surface area contributed by atoms with Crippen LogP contribution in [0.15, 0.2) is 170 Å². The zero-order chi connectivity index (χ0) is 35.8. The van der Waals surface area contributed by atoms with Gasteiger partial charge in [0.05, 0.1) is 38.8 Å². The van der Waals surface area contributed by atoms with Crippen LogP contribution < -0.4 is 0 Å². The number of rotatable bonds is 2. The lowest BCUT2D eigenvalue weighted by atomic mass is 9.91. The van der Waals surface area contributed by atoms with Crippen LogP contribution in [0.25, 0.3) is 120 Å². The molecule has 5 heterocycles. The average Bonchev–Trinajstić information content (AvgIpc) is 3.87. The molecule has 0 fully saturated rings. The maximum atomic E-state index is 5.53. The minimum absolute atomic E-state index is 0.825. The smallest absolute Gasteiger partial charge is 0.165 e. The highest BCUT2D eigenvalue weighted by molar-refractivity contribution is 7.25. The van der Waals surface area contributed by atoms with Crippen molar-refractivity contribution in [1.29, 1.82) is 0 Å². The van der Waals surface area contributed by atoms with Gasteiger partial charge in [0.1, 0.15) is 5.69 Å². The maximum Gasteiger partial charge on any atom is 0.165 e. The molecule has 55 heavy (non-hydrogen) atoms. The standard InChI is InChI=1S/C50H28N4S/c1-2-17-35-30(13-1)31-14-3-9-21-40(31)53-41-22-10-4-15-32(41)37-28-43-46(47(35)49(37)53)36-18-5-11-23-42(36)54(43)50-48(51-38-19-7-8-20-39(38)52-50)29-25-26-34-33-16-6-12-24-44(33)55-45(34)27-29/h1-28H. The SMILES string of the molecule is c1ccc2c(c1)-c1ccccc1-n1c3ccccc3c3cc4c(c-2c31)c1ccccc1n4-c1nc2ccccc2nc1-c1ccc2c(c1)sc1ccccc12. The molecule has 4 nitrogen and oxygen atoms in total. The van der Waals surface area contributed by atoms with Gasteiger partial charge in [-0.2, -0.15) is 0 Å². The molecule has 0 saturated heterocycles. The van der Waals surface area contributed by atoms with Crippen LogP contribution in [-0.2, 0) is 0 Å². The molecule has 0 N–H and O–H groups in total. The van der Waals surface area contributed by atoms with Crippen LogP contribution in [0.4, 0.5) is 0 Å². The molecule has 0 radical (unpaired) electrons. The van der Waals surface area contributed by atoms with Crippen LogP contribution >= 0.6 is 11.3 Å². The molecule has 1 aliphatic rings. The van der Waals surface area contributed by atoms with Gasteiger partial charge in [-0.25, -0.2) is 9.97 Å². The molecule has 0 bridgehead atoms. The zero-order valence-corrected chi connectivity index (χ0v) is 30.2. The van der Waals surface area contributed by atoms with E-state index in [0.29, 0.717) is 0 Å². The second-order valence-corrected chi connectivity index (χ2v) is 15.6. The Bertz CT molecular complexity index is 3620. The third kappa shape index (κ3) is 3.89. The number of thiophene rings is 1. The summed E-state index contributed by atoms with van der Waals surface area (Å²) in [6.07, 6.45) is 0. The molecule has 0 saturated carbocycles. The molecule has 254 valence electrons. The number of benzene rings is 8. The van der Waals surface area contributed by atoms with Gasteiger partial charge in [-0.15, -0.1) is 11.3 Å². The summed E-state index contributed by atoms with van der Waals surface area (Å²) in [5.41, 5.74) is 14.4. The van der Waals surface area contributed by atoms with Crippen LogP contribution in [0, 0.1) is 0 Å². The van der Waals surface area contributed by atoms with Crippen molar-refractivity contribution in [1.82, 2.24) is 19.1 Å². The largest absolute Gasteiger partial charge is 0.308 e. The second-order valence-electron chi connectivity index (χ2n) is 14.5. The number of hydrogen-bond donors (Lipinski definition) is 0. The highest BCUT2D eigenvalue weighted by atomic mass is 32.1. The summed E-state index contributed by atoms with van der Waals surface area (Å²) >= 11 is 1.83. The van der Waals surface area contributed by atoms with Crippen LogP contribution in [0.1, 0.15) is 0 Å². The first-order valence-corrected chi connectivity index (χ1v) is 19.5. The lowest BCUT2D eigenvalue weighted by Gasteiger charge is -2.15. The fourth-order valence-electron chi connectivity index (χ4n) is 9.36. The Kier molecular flexibility index (Phi) is 5.74. The predicted molar refractivity (Wildman–Crippen MR) is 231 cm³/mol. The molecular weight excluding hydrogens is 689 g/mol. The molecule has 5 heteroatoms. The van der Waals surface area contributed by atoms with Crippen LogP contribution in [-0.4, -0.2) is 19.1 Å². The van der Waals surface area contributed by atoms with E-state index in [4.69, 9.17) is 9.97 Å². The van der Waals surface area contributed by atoms with Gasteiger partial charge in [0, 0.05) is 58.4 Å². The van der Waals surface area contributed by atoms with E-state index in [1.54, 1.807) is 0 Å². The topological polar surface area (TPSA) is 35.6 Å². The molecular formula is C50H28N4S. The predicted octanol–water partition coefficient (Wildman–Crippen LogP) is 13.5. The van der Waals surface area contributed by atoms with E-state index in [1.807, 2.05) is 17.4 Å². The molecule has 1 aliphatic heterocycles. The summed E-state index contributed by atoms with van der Waals surface area (Å²) in [6, 6.07) is 61.6. The Labute approximate surface area is 318 Å². The molecule has 4 aromatic heterocycles. The third-order valence-corrected chi connectivity index (χ3v) is 12.8. The van der Waals surface area contributed by atoms with Gasteiger partial charge < -0.3 is 4.57 Å². The summed E-state index contributed by atoms with van der Waals surface area (Å²) in [6.45, 7) is 0. The van der Waals surface area contributed by atoms with E-state index < -0.39 is 0 Å². The van der Waals surface area contributed by atoms with Crippen molar-refractivity contribution < 1.29 is 0 Å². The van der Waals surface area contributed by atoms with Crippen LogP contribution in [0.3, 0.4) is 0 Å². The van der Waals surface area contributed by atoms with Gasteiger partial charge in [-0.3, -0.25) is 4.57 Å². The van der Waals surface area contributed by atoms with E-state index in [2.05, 4.69) is 173 Å². The van der Waals surface area contributed by atoms with Gasteiger partial charge in [0.15, 0.2) is 5.82 Å². The summed E-state index contributed by atoms with van der Waals surface area (Å²) in [7, 11) is 0. The van der Waals surface area contributed by atoms with Gasteiger partial charge in [0.2, 0.25) is 0 Å². The second kappa shape index (κ2) is 10.8. The number of para-hydroxylation sites is 5. The van der Waals surface area contributed by atoms with Crippen molar-refractivity contribution in [3.63, 3.8) is 0 Å². The number of nitrogens with zero attached hydrogens (tertiary/aromatic N) is 4. The molecule has 0 aliphatic carbocycles. The number of aromatic nitrogens is 4. The van der Waals surface area contributed by atoms with Gasteiger partial charge in [-0.1, -0.05) is 121 Å². The van der Waals surface area contributed by atoms with Gasteiger partial charge in [0.25, 0.3) is 0 Å². The Hall–Kier alpha value is -7.08. The van der Waals surface area contributed by atoms with E-state index in [-0.39, 0.29) is 0 Å². The minimum atomic E-state index is 0.825. The molecule has 0 spiro atoms. The Morgan fingerprint density at radius 1 is 0.418 bits per heavy atom. The summed E-state index contributed by atoms with van der Waals surface area (Å²) in [4.78, 5) is 11.0. The van der Waals surface area contributed by atoms with Crippen molar-refractivity contribution in [2.24, 2.45) is 0 Å². The molecule has 0 atom stereocenters. The first-order valence-electron chi connectivity index (χ1n) is 18.7. The summed E-state index contributed by atoms with van der Waals surface area (Å²) in [5, 5.41) is 7.41. The summed E-state index contributed by atoms with van der Waals surface area (Å²) < 4.78 is 7.42. The summed E-state index contributed by atoms with van der Waals surface area (Å²) in [5.74, 6) is 0.825. The highest BCUT2D eigenvalue weighted by Gasteiger charge is 2.29. The minimum Gasteiger partial charge on any atom is -0.308 e. The number of fused-ring (bicyclic) bond motifs is 16. The molecule has 8 aromatic carbocycles. The van der Waals surface area contributed by atoms with E-state index >= 15 is 0 Å². The first-order chi connectivity index (χ1) is 27.3. The van der Waals surface area contributed by atoms with Crippen molar-refractivity contribution in [3.8, 4) is 45.0 Å². The van der Waals surface area contributed by atoms with Gasteiger partial charge in [-0.05, 0) is 59.7 Å². The lowest BCUT2D eigenvalue weighted by molar-refractivity contribution is 1.08. The van der Waals surface area contributed by atoms with Crippen LogP contribution in [0.5, 0.6) is 0 Å². The highest BCUT2D eigenvalue weighted by Crippen LogP contribution is 2.52. The Morgan fingerprint density at radius 2 is 1.05 bits per heavy atom. The Balaban J connectivity index is 1.23. The van der Waals surface area contributed by atoms with Crippen molar-refractivity contribution >= 4 is 86.2 Å². The lowest BCUT2D eigenvalue weighted by Crippen LogP contribution is -2.03. The van der Waals surface area contributed by atoms with E-state index in [9.17, 15) is 0 Å². The normalized spacial score (nSPS) is 12.4. The third-order valence-electron chi connectivity index (χ3n) is 11.6. The quantitative estimate of drug-likeness (QED) is 0.179. The molecule has 0 unspecified atom stereocenters. The van der Waals surface area contributed by atoms with Crippen molar-refractivity contribution in [2.75, 3.05) is 0 Å².